The van der Waals surface area contributed by atoms with Crippen molar-refractivity contribution < 1.29 is 15.0 Å². The highest BCUT2D eigenvalue weighted by molar-refractivity contribution is 6.27. The van der Waals surface area contributed by atoms with E-state index in [9.17, 15) is 15.0 Å². The van der Waals surface area contributed by atoms with Gasteiger partial charge >= 0.3 is 0 Å². The normalized spacial score (nSPS) is 13.1. The molecule has 0 fully saturated rings. The minimum Gasteiger partial charge on any atom is -0.507 e. The molecule has 0 saturated heterocycles. The highest BCUT2D eigenvalue weighted by Crippen LogP contribution is 2.38. The molecule has 0 radical (unpaired) electrons. The van der Waals surface area contributed by atoms with E-state index >= 15 is 0 Å². The lowest BCUT2D eigenvalue weighted by atomic mass is 9.92. The van der Waals surface area contributed by atoms with E-state index < -0.39 is 6.04 Å². The third-order valence-corrected chi connectivity index (χ3v) is 5.51. The van der Waals surface area contributed by atoms with Crippen molar-refractivity contribution in [2.45, 2.75) is 58.4 Å². The summed E-state index contributed by atoms with van der Waals surface area (Å²) in [5, 5.41) is 24.2. The van der Waals surface area contributed by atoms with E-state index in [0.717, 1.165) is 24.0 Å². The molecule has 158 valence electrons. The van der Waals surface area contributed by atoms with Crippen LogP contribution in [0.3, 0.4) is 0 Å². The van der Waals surface area contributed by atoms with Gasteiger partial charge in [-0.15, -0.1) is 11.6 Å². The Morgan fingerprint density at radius 1 is 1.07 bits per heavy atom. The van der Waals surface area contributed by atoms with Gasteiger partial charge in [0.1, 0.15) is 17.4 Å². The summed E-state index contributed by atoms with van der Waals surface area (Å²) < 4.78 is 0. The largest absolute Gasteiger partial charge is 0.507 e. The van der Waals surface area contributed by atoms with Crippen LogP contribution in [0.25, 0.3) is 0 Å². The maximum atomic E-state index is 11.9. The fraction of sp³-hybridized carbons (Fsp3) is 0.458. The molecule has 0 spiro atoms. The molecule has 0 saturated carbocycles. The summed E-state index contributed by atoms with van der Waals surface area (Å²) in [5.41, 5.74) is 1.94. The van der Waals surface area contributed by atoms with Gasteiger partial charge in [0, 0.05) is 0 Å². The van der Waals surface area contributed by atoms with Crippen LogP contribution in [0.4, 0.5) is 0 Å². The molecule has 1 amide bonds. The SMILES string of the molecule is CCCCCC(C)CCc1cc(O)c(C(NC(=O)CCl)c2ccccc2)c(O)c1. The van der Waals surface area contributed by atoms with Gasteiger partial charge in [-0.1, -0.05) is 69.9 Å². The average Bonchev–Trinajstić information content (AvgIpc) is 2.71. The molecule has 4 nitrogen and oxygen atoms in total. The summed E-state index contributed by atoms with van der Waals surface area (Å²) in [5.74, 6) is -0.0154. The Bertz CT molecular complexity index is 756. The lowest BCUT2D eigenvalue weighted by Crippen LogP contribution is -2.30. The highest BCUT2D eigenvalue weighted by atomic mass is 35.5. The Hall–Kier alpha value is -2.20. The van der Waals surface area contributed by atoms with Crippen molar-refractivity contribution in [1.82, 2.24) is 5.32 Å². The van der Waals surface area contributed by atoms with E-state index in [4.69, 9.17) is 11.6 Å². The monoisotopic (exact) mass is 417 g/mol. The van der Waals surface area contributed by atoms with E-state index in [1.54, 1.807) is 12.1 Å². The molecule has 2 rings (SSSR count). The predicted octanol–water partition coefficient (Wildman–Crippen LogP) is 5.69. The minimum absolute atomic E-state index is 0.0256. The van der Waals surface area contributed by atoms with Crippen molar-refractivity contribution in [2.24, 2.45) is 5.92 Å². The molecule has 0 heterocycles. The smallest absolute Gasteiger partial charge is 0.235 e. The summed E-state index contributed by atoms with van der Waals surface area (Å²) >= 11 is 5.65. The summed E-state index contributed by atoms with van der Waals surface area (Å²) in [4.78, 5) is 11.9. The van der Waals surface area contributed by atoms with E-state index in [0.29, 0.717) is 5.92 Å². The van der Waals surface area contributed by atoms with E-state index in [1.807, 2.05) is 30.3 Å². The van der Waals surface area contributed by atoms with Crippen LogP contribution in [0.15, 0.2) is 42.5 Å². The molecule has 29 heavy (non-hydrogen) atoms. The molecule has 0 bridgehead atoms. The van der Waals surface area contributed by atoms with Gasteiger partial charge in [-0.25, -0.2) is 0 Å². The molecule has 5 heteroatoms. The van der Waals surface area contributed by atoms with Crippen LogP contribution in [0.2, 0.25) is 0 Å². The number of hydrogen-bond acceptors (Lipinski definition) is 3. The molecular weight excluding hydrogens is 386 g/mol. The maximum absolute atomic E-state index is 11.9. The van der Waals surface area contributed by atoms with Gasteiger partial charge in [0.15, 0.2) is 0 Å². The fourth-order valence-electron chi connectivity index (χ4n) is 3.59. The molecule has 0 aliphatic heterocycles. The maximum Gasteiger partial charge on any atom is 0.235 e. The van der Waals surface area contributed by atoms with Crippen molar-refractivity contribution in [3.63, 3.8) is 0 Å². The molecule has 2 aromatic rings. The number of nitrogens with one attached hydrogen (secondary N) is 1. The number of carbonyl (C=O) groups is 1. The average molecular weight is 418 g/mol. The zero-order valence-corrected chi connectivity index (χ0v) is 18.1. The summed E-state index contributed by atoms with van der Waals surface area (Å²) in [7, 11) is 0. The summed E-state index contributed by atoms with van der Waals surface area (Å²) in [6.07, 6.45) is 6.72. The highest BCUT2D eigenvalue weighted by Gasteiger charge is 2.24. The van der Waals surface area contributed by atoms with Crippen LogP contribution >= 0.6 is 11.6 Å². The number of phenolic OH excluding ortho intramolecular Hbond substituents is 2. The molecule has 0 aromatic heterocycles. The van der Waals surface area contributed by atoms with Crippen molar-refractivity contribution in [3.05, 3.63) is 59.2 Å². The summed E-state index contributed by atoms with van der Waals surface area (Å²) in [6, 6.07) is 11.9. The molecule has 0 aliphatic rings. The number of benzene rings is 2. The quantitative estimate of drug-likeness (QED) is 0.325. The summed E-state index contributed by atoms with van der Waals surface area (Å²) in [6.45, 7) is 4.45. The third kappa shape index (κ3) is 6.97. The van der Waals surface area contributed by atoms with Crippen molar-refractivity contribution in [3.8, 4) is 11.5 Å². The predicted molar refractivity (Wildman–Crippen MR) is 119 cm³/mol. The zero-order chi connectivity index (χ0) is 21.2. The van der Waals surface area contributed by atoms with Crippen LogP contribution < -0.4 is 5.32 Å². The lowest BCUT2D eigenvalue weighted by molar-refractivity contribution is -0.119. The number of halogens is 1. The zero-order valence-electron chi connectivity index (χ0n) is 17.3. The van der Waals surface area contributed by atoms with Gasteiger partial charge in [0.25, 0.3) is 0 Å². The van der Waals surface area contributed by atoms with Gasteiger partial charge in [0.2, 0.25) is 5.91 Å². The molecule has 2 unspecified atom stereocenters. The Morgan fingerprint density at radius 3 is 2.31 bits per heavy atom. The Balaban J connectivity index is 2.20. The molecule has 2 aromatic carbocycles. The molecule has 3 N–H and O–H groups in total. The number of aryl methyl sites for hydroxylation is 1. The lowest BCUT2D eigenvalue weighted by Gasteiger charge is -2.22. The van der Waals surface area contributed by atoms with Crippen LogP contribution in [0.5, 0.6) is 11.5 Å². The number of carbonyl (C=O) groups excluding carboxylic acids is 1. The Labute approximate surface area is 178 Å². The van der Waals surface area contributed by atoms with Gasteiger partial charge < -0.3 is 15.5 Å². The first-order chi connectivity index (χ1) is 14.0. The van der Waals surface area contributed by atoms with Gasteiger partial charge in [-0.05, 0) is 42.0 Å². The fourth-order valence-corrected chi connectivity index (χ4v) is 3.66. The number of rotatable bonds is 11. The number of alkyl halides is 1. The van der Waals surface area contributed by atoms with Crippen LogP contribution in [0.1, 0.15) is 68.7 Å². The van der Waals surface area contributed by atoms with Gasteiger partial charge in [-0.2, -0.15) is 0 Å². The first kappa shape index (κ1) is 23.1. The number of phenols is 2. The van der Waals surface area contributed by atoms with E-state index in [-0.39, 0.29) is 28.8 Å². The number of unbranched alkanes of at least 4 members (excludes halogenated alkanes) is 2. The molecule has 2 atom stereocenters. The van der Waals surface area contributed by atoms with Crippen molar-refractivity contribution in [2.75, 3.05) is 5.88 Å². The Kier molecular flexibility index (Phi) is 9.33. The van der Waals surface area contributed by atoms with Crippen LogP contribution in [-0.4, -0.2) is 22.0 Å². The third-order valence-electron chi connectivity index (χ3n) is 5.27. The molecular formula is C24H32ClNO3. The van der Waals surface area contributed by atoms with Crippen molar-refractivity contribution in [1.29, 1.82) is 0 Å². The molecule has 0 aliphatic carbocycles. The number of amides is 1. The van der Waals surface area contributed by atoms with E-state index in [1.165, 1.54) is 25.7 Å². The second kappa shape index (κ2) is 11.7. The first-order valence-corrected chi connectivity index (χ1v) is 10.9. The van der Waals surface area contributed by atoms with Crippen LogP contribution in [-0.2, 0) is 11.2 Å². The van der Waals surface area contributed by atoms with E-state index in [2.05, 4.69) is 19.2 Å². The van der Waals surface area contributed by atoms with Crippen molar-refractivity contribution >= 4 is 17.5 Å². The standard InChI is InChI=1S/C24H32ClNO3/c1-3-4-6-9-17(2)12-13-18-14-20(27)23(21(28)15-18)24(26-22(29)16-25)19-10-7-5-8-11-19/h5,7-8,10-11,14-15,17,24,27-28H,3-4,6,9,12-13,16H2,1-2H3,(H,26,29). The number of hydrogen-bond donors (Lipinski definition) is 3. The second-order valence-corrected chi connectivity index (χ2v) is 8.00. The first-order valence-electron chi connectivity index (χ1n) is 10.4. The second-order valence-electron chi connectivity index (χ2n) is 7.73. The topological polar surface area (TPSA) is 69.6 Å². The van der Waals surface area contributed by atoms with Crippen LogP contribution in [0, 0.1) is 5.92 Å². The number of aromatic hydroxyl groups is 2. The van der Waals surface area contributed by atoms with Gasteiger partial charge in [0.05, 0.1) is 11.6 Å². The van der Waals surface area contributed by atoms with Gasteiger partial charge in [-0.3, -0.25) is 4.79 Å². The Morgan fingerprint density at radius 2 is 1.72 bits per heavy atom. The minimum atomic E-state index is -0.676.